The lowest BCUT2D eigenvalue weighted by atomic mass is 9.97. The quantitative estimate of drug-likeness (QED) is 0.644. The first kappa shape index (κ1) is 13.1. The topological polar surface area (TPSA) is 50.9 Å². The fourth-order valence-corrected chi connectivity index (χ4v) is 2.60. The molecule has 3 N–H and O–H groups in total. The zero-order valence-electron chi connectivity index (χ0n) is 10.5. The van der Waals surface area contributed by atoms with E-state index in [0.717, 1.165) is 16.9 Å². The number of hydrazine groups is 1. The van der Waals surface area contributed by atoms with Crippen molar-refractivity contribution in [2.75, 3.05) is 5.43 Å². The summed E-state index contributed by atoms with van der Waals surface area (Å²) in [4.78, 5) is 4.41. The predicted molar refractivity (Wildman–Crippen MR) is 73.3 cm³/mol. The number of nitrogens with two attached hydrogens (primary N) is 1. The molecular weight excluding hydrogens is 253 g/mol. The van der Waals surface area contributed by atoms with E-state index in [1.807, 2.05) is 20.8 Å². The Morgan fingerprint density at radius 2 is 2.06 bits per heavy atom. The van der Waals surface area contributed by atoms with Crippen LogP contribution in [0.4, 0.5) is 10.1 Å². The summed E-state index contributed by atoms with van der Waals surface area (Å²) < 4.78 is 13.3. The first-order valence-corrected chi connectivity index (χ1v) is 6.09. The third kappa shape index (κ3) is 2.02. The molecule has 0 aliphatic carbocycles. The summed E-state index contributed by atoms with van der Waals surface area (Å²) in [7, 11) is 0. The lowest BCUT2D eigenvalue weighted by Crippen LogP contribution is -2.13. The average molecular weight is 268 g/mol. The number of rotatable bonds is 2. The van der Waals surface area contributed by atoms with Crippen LogP contribution in [-0.4, -0.2) is 4.98 Å². The van der Waals surface area contributed by atoms with E-state index in [-0.39, 0.29) is 5.92 Å². The van der Waals surface area contributed by atoms with Crippen molar-refractivity contribution >= 4 is 28.2 Å². The van der Waals surface area contributed by atoms with Crippen molar-refractivity contribution in [3.05, 3.63) is 34.2 Å². The first-order chi connectivity index (χ1) is 8.45. The maximum atomic E-state index is 13.3. The van der Waals surface area contributed by atoms with Crippen molar-refractivity contribution in [3.8, 4) is 0 Å². The van der Waals surface area contributed by atoms with Gasteiger partial charge in [-0.05, 0) is 18.9 Å². The Balaban J connectivity index is 2.94. The molecule has 18 heavy (non-hydrogen) atoms. The Kier molecular flexibility index (Phi) is 3.41. The van der Waals surface area contributed by atoms with Crippen LogP contribution in [0, 0.1) is 12.7 Å². The number of pyridine rings is 1. The number of aromatic nitrogens is 1. The van der Waals surface area contributed by atoms with Gasteiger partial charge >= 0.3 is 0 Å². The second-order valence-corrected chi connectivity index (χ2v) is 4.97. The minimum absolute atomic E-state index is 0.245. The minimum atomic E-state index is -0.403. The molecule has 0 radical (unpaired) electrons. The number of nitrogens with one attached hydrogen (secondary N) is 1. The number of anilines is 1. The van der Waals surface area contributed by atoms with Gasteiger partial charge in [-0.25, -0.2) is 4.39 Å². The van der Waals surface area contributed by atoms with Gasteiger partial charge < -0.3 is 5.43 Å². The van der Waals surface area contributed by atoms with E-state index in [1.54, 1.807) is 0 Å². The van der Waals surface area contributed by atoms with Crippen LogP contribution in [0.15, 0.2) is 12.1 Å². The van der Waals surface area contributed by atoms with Gasteiger partial charge in [-0.2, -0.15) is 0 Å². The van der Waals surface area contributed by atoms with Crippen LogP contribution in [0.2, 0.25) is 5.02 Å². The molecule has 0 spiro atoms. The molecular formula is C13H15ClFN3. The maximum Gasteiger partial charge on any atom is 0.126 e. The normalized spacial score (nSPS) is 11.3. The molecule has 96 valence electrons. The van der Waals surface area contributed by atoms with E-state index in [2.05, 4.69) is 10.4 Å². The van der Waals surface area contributed by atoms with Gasteiger partial charge in [0.25, 0.3) is 0 Å². The highest BCUT2D eigenvalue weighted by Gasteiger charge is 2.17. The molecule has 5 heteroatoms. The van der Waals surface area contributed by atoms with E-state index < -0.39 is 5.82 Å². The number of nitrogen functional groups attached to an aromatic ring is 1. The molecule has 0 bridgehead atoms. The Labute approximate surface area is 110 Å². The highest BCUT2D eigenvalue weighted by molar-refractivity contribution is 6.36. The molecule has 0 unspecified atom stereocenters. The van der Waals surface area contributed by atoms with Gasteiger partial charge in [0, 0.05) is 22.7 Å². The zero-order chi connectivity index (χ0) is 13.4. The van der Waals surface area contributed by atoms with E-state index in [0.29, 0.717) is 15.9 Å². The van der Waals surface area contributed by atoms with Crippen molar-refractivity contribution in [1.82, 2.24) is 4.98 Å². The number of benzene rings is 1. The van der Waals surface area contributed by atoms with Crippen molar-refractivity contribution in [2.45, 2.75) is 26.7 Å². The molecule has 2 aromatic rings. The Hall–Kier alpha value is -1.39. The Bertz CT molecular complexity index is 611. The predicted octanol–water partition coefficient (Wildman–Crippen LogP) is 3.74. The zero-order valence-corrected chi connectivity index (χ0v) is 11.3. The van der Waals surface area contributed by atoms with Crippen LogP contribution in [0.25, 0.3) is 10.9 Å². The van der Waals surface area contributed by atoms with Gasteiger partial charge in [-0.15, -0.1) is 0 Å². The van der Waals surface area contributed by atoms with Gasteiger partial charge in [0.15, 0.2) is 0 Å². The van der Waals surface area contributed by atoms with Crippen molar-refractivity contribution in [3.63, 3.8) is 0 Å². The molecule has 2 rings (SSSR count). The molecule has 0 aliphatic rings. The molecule has 0 saturated heterocycles. The van der Waals surface area contributed by atoms with Crippen LogP contribution in [0.5, 0.6) is 0 Å². The number of nitrogens with zero attached hydrogens (tertiary/aromatic N) is 1. The third-order valence-corrected chi connectivity index (χ3v) is 3.25. The van der Waals surface area contributed by atoms with Crippen molar-refractivity contribution in [1.29, 1.82) is 0 Å². The number of fused-ring (bicyclic) bond motifs is 1. The molecule has 0 fully saturated rings. The highest BCUT2D eigenvalue weighted by atomic mass is 35.5. The lowest BCUT2D eigenvalue weighted by molar-refractivity contribution is 0.629. The summed E-state index contributed by atoms with van der Waals surface area (Å²) in [6, 6.07) is 2.63. The standard InChI is InChI=1S/C13H15ClFN3/c1-6(2)11-7(3)17-10-5-8(15)4-9(14)12(10)13(11)18-16/h4-6H,16H2,1-3H3,(H,17,18). The van der Waals surface area contributed by atoms with Gasteiger partial charge in [0.1, 0.15) is 5.82 Å². The smallest absolute Gasteiger partial charge is 0.126 e. The molecule has 3 nitrogen and oxygen atoms in total. The third-order valence-electron chi connectivity index (χ3n) is 2.95. The molecule has 0 atom stereocenters. The van der Waals surface area contributed by atoms with Gasteiger partial charge in [0.05, 0.1) is 16.2 Å². The molecule has 1 heterocycles. The first-order valence-electron chi connectivity index (χ1n) is 5.71. The minimum Gasteiger partial charge on any atom is -0.323 e. The van der Waals surface area contributed by atoms with Crippen molar-refractivity contribution < 1.29 is 4.39 Å². The monoisotopic (exact) mass is 267 g/mol. The second kappa shape index (κ2) is 4.71. The Morgan fingerprint density at radius 3 is 2.61 bits per heavy atom. The Morgan fingerprint density at radius 1 is 1.39 bits per heavy atom. The number of aryl methyl sites for hydroxylation is 1. The lowest BCUT2D eigenvalue weighted by Gasteiger charge is -2.18. The van der Waals surface area contributed by atoms with Crippen LogP contribution in [0.1, 0.15) is 31.0 Å². The summed E-state index contributed by atoms with van der Waals surface area (Å²) in [5, 5.41) is 0.974. The van der Waals surface area contributed by atoms with Crippen LogP contribution < -0.4 is 11.3 Å². The number of hydrogen-bond donors (Lipinski definition) is 2. The molecule has 1 aromatic carbocycles. The van der Waals surface area contributed by atoms with E-state index in [9.17, 15) is 4.39 Å². The van der Waals surface area contributed by atoms with E-state index >= 15 is 0 Å². The summed E-state index contributed by atoms with van der Waals surface area (Å²) in [5.74, 6) is 5.44. The fraction of sp³-hybridized carbons (Fsp3) is 0.308. The van der Waals surface area contributed by atoms with Gasteiger partial charge in [0.2, 0.25) is 0 Å². The second-order valence-electron chi connectivity index (χ2n) is 4.57. The van der Waals surface area contributed by atoms with Gasteiger partial charge in [-0.3, -0.25) is 10.8 Å². The highest BCUT2D eigenvalue weighted by Crippen LogP contribution is 2.37. The molecule has 1 aromatic heterocycles. The summed E-state index contributed by atoms with van der Waals surface area (Å²) in [6.45, 7) is 5.98. The SMILES string of the molecule is Cc1nc2cc(F)cc(Cl)c2c(NN)c1C(C)C. The molecule has 0 aliphatic heterocycles. The molecule has 0 amide bonds. The van der Waals surface area contributed by atoms with Crippen molar-refractivity contribution in [2.24, 2.45) is 5.84 Å². The summed E-state index contributed by atoms with van der Waals surface area (Å²) in [6.07, 6.45) is 0. The maximum absolute atomic E-state index is 13.3. The summed E-state index contributed by atoms with van der Waals surface area (Å²) in [5.41, 5.74) is 5.73. The molecule has 0 saturated carbocycles. The summed E-state index contributed by atoms with van der Waals surface area (Å²) >= 11 is 6.10. The number of hydrogen-bond acceptors (Lipinski definition) is 3. The fourth-order valence-electron chi connectivity index (χ4n) is 2.31. The number of halogens is 2. The van der Waals surface area contributed by atoms with Crippen LogP contribution >= 0.6 is 11.6 Å². The van der Waals surface area contributed by atoms with Crippen LogP contribution in [0.3, 0.4) is 0 Å². The van der Waals surface area contributed by atoms with E-state index in [4.69, 9.17) is 17.4 Å². The van der Waals surface area contributed by atoms with Gasteiger partial charge in [-0.1, -0.05) is 25.4 Å². The average Bonchev–Trinajstić information content (AvgIpc) is 2.25. The largest absolute Gasteiger partial charge is 0.323 e. The van der Waals surface area contributed by atoms with Crippen LogP contribution in [-0.2, 0) is 0 Å². The van der Waals surface area contributed by atoms with E-state index in [1.165, 1.54) is 12.1 Å².